The Labute approximate surface area is 189 Å². The zero-order valence-corrected chi connectivity index (χ0v) is 18.8. The van der Waals surface area contributed by atoms with Crippen molar-refractivity contribution in [1.29, 1.82) is 0 Å². The second-order valence-electron chi connectivity index (χ2n) is 7.05. The first kappa shape index (κ1) is 21.1. The highest BCUT2D eigenvalue weighted by Crippen LogP contribution is 2.38. The number of thioether (sulfide) groups is 1. The number of furan rings is 1. The summed E-state index contributed by atoms with van der Waals surface area (Å²) in [4.78, 5) is 27.1. The van der Waals surface area contributed by atoms with Gasteiger partial charge in [-0.25, -0.2) is 4.79 Å². The van der Waals surface area contributed by atoms with Gasteiger partial charge in [0.15, 0.2) is 4.32 Å². The summed E-state index contributed by atoms with van der Waals surface area (Å²) in [5.74, 6) is 0.380. The van der Waals surface area contributed by atoms with Gasteiger partial charge in [-0.15, -0.1) is 0 Å². The third-order valence-corrected chi connectivity index (χ3v) is 6.19. The molecule has 1 saturated heterocycles. The summed E-state index contributed by atoms with van der Waals surface area (Å²) in [6, 6.07) is 16.5. The van der Waals surface area contributed by atoms with Crippen molar-refractivity contribution in [1.82, 2.24) is 0 Å². The maximum absolute atomic E-state index is 13.1. The summed E-state index contributed by atoms with van der Waals surface area (Å²) >= 11 is 6.71. The van der Waals surface area contributed by atoms with Crippen LogP contribution in [0.15, 0.2) is 63.9 Å². The number of aryl methyl sites for hydroxylation is 2. The molecule has 0 aliphatic carbocycles. The van der Waals surface area contributed by atoms with Crippen LogP contribution in [0.5, 0.6) is 0 Å². The van der Waals surface area contributed by atoms with Crippen LogP contribution in [-0.2, 0) is 9.53 Å². The molecule has 31 heavy (non-hydrogen) atoms. The van der Waals surface area contributed by atoms with Crippen LogP contribution in [0.25, 0.3) is 17.4 Å². The third kappa shape index (κ3) is 4.06. The van der Waals surface area contributed by atoms with Crippen LogP contribution in [0.2, 0.25) is 0 Å². The molecule has 0 spiro atoms. The van der Waals surface area contributed by atoms with E-state index in [2.05, 4.69) is 0 Å². The highest BCUT2D eigenvalue weighted by Gasteiger charge is 2.34. The van der Waals surface area contributed by atoms with E-state index in [1.807, 2.05) is 38.1 Å². The lowest BCUT2D eigenvalue weighted by Gasteiger charge is -2.17. The topological polar surface area (TPSA) is 59.8 Å². The van der Waals surface area contributed by atoms with E-state index in [1.165, 1.54) is 18.9 Å². The van der Waals surface area contributed by atoms with Gasteiger partial charge in [0.25, 0.3) is 5.91 Å². The lowest BCUT2D eigenvalue weighted by atomic mass is 10.1. The van der Waals surface area contributed by atoms with E-state index in [-0.39, 0.29) is 5.91 Å². The first-order valence-electron chi connectivity index (χ1n) is 9.52. The van der Waals surface area contributed by atoms with Gasteiger partial charge in [-0.3, -0.25) is 9.69 Å². The normalized spacial score (nSPS) is 15.1. The lowest BCUT2D eigenvalue weighted by molar-refractivity contribution is -0.113. The number of hydrogen-bond donors (Lipinski definition) is 0. The van der Waals surface area contributed by atoms with Gasteiger partial charge < -0.3 is 9.15 Å². The predicted octanol–water partition coefficient (Wildman–Crippen LogP) is 5.76. The molecule has 156 valence electrons. The van der Waals surface area contributed by atoms with E-state index < -0.39 is 5.97 Å². The van der Waals surface area contributed by atoms with Crippen LogP contribution in [0.4, 0.5) is 5.69 Å². The van der Waals surface area contributed by atoms with Crippen molar-refractivity contribution in [2.45, 2.75) is 13.8 Å². The molecule has 1 aliphatic rings. The molecule has 1 aromatic heterocycles. The number of benzene rings is 2. The lowest BCUT2D eigenvalue weighted by Crippen LogP contribution is -2.28. The summed E-state index contributed by atoms with van der Waals surface area (Å²) < 4.78 is 11.2. The number of ether oxygens (including phenoxy) is 1. The average Bonchev–Trinajstić information content (AvgIpc) is 3.32. The molecule has 0 unspecified atom stereocenters. The minimum absolute atomic E-state index is 0.185. The molecule has 0 bridgehead atoms. The largest absolute Gasteiger partial charge is 0.465 e. The van der Waals surface area contributed by atoms with Gasteiger partial charge in [0.1, 0.15) is 11.5 Å². The van der Waals surface area contributed by atoms with Crippen LogP contribution in [-0.4, -0.2) is 23.3 Å². The van der Waals surface area contributed by atoms with Crippen molar-refractivity contribution in [2.75, 3.05) is 12.0 Å². The Morgan fingerprint density at radius 2 is 1.90 bits per heavy atom. The Bertz CT molecular complexity index is 1240. The minimum Gasteiger partial charge on any atom is -0.465 e. The Hall–Kier alpha value is -3.16. The fourth-order valence-corrected chi connectivity index (χ4v) is 4.69. The number of hydrogen-bond acceptors (Lipinski definition) is 6. The first-order chi connectivity index (χ1) is 14.9. The van der Waals surface area contributed by atoms with Gasteiger partial charge in [0, 0.05) is 11.6 Å². The van der Waals surface area contributed by atoms with E-state index in [0.29, 0.717) is 31.9 Å². The summed E-state index contributed by atoms with van der Waals surface area (Å²) in [6.45, 7) is 3.97. The molecule has 0 radical (unpaired) electrons. The van der Waals surface area contributed by atoms with Crippen LogP contribution < -0.4 is 4.90 Å². The smallest absolute Gasteiger partial charge is 0.338 e. The van der Waals surface area contributed by atoms with Gasteiger partial charge in [-0.1, -0.05) is 59.9 Å². The molecule has 1 aliphatic heterocycles. The van der Waals surface area contributed by atoms with Crippen LogP contribution >= 0.6 is 24.0 Å². The Kier molecular flexibility index (Phi) is 5.80. The summed E-state index contributed by atoms with van der Waals surface area (Å²) in [5, 5.41) is 0. The zero-order chi connectivity index (χ0) is 22.1. The molecule has 7 heteroatoms. The van der Waals surface area contributed by atoms with Crippen molar-refractivity contribution in [3.05, 3.63) is 82.0 Å². The Morgan fingerprint density at radius 3 is 2.65 bits per heavy atom. The second kappa shape index (κ2) is 8.53. The molecular weight excluding hydrogens is 430 g/mol. The van der Waals surface area contributed by atoms with Gasteiger partial charge in [-0.05, 0) is 43.7 Å². The minimum atomic E-state index is -0.442. The molecule has 5 nitrogen and oxygen atoms in total. The molecular formula is C24H19NO4S2. The number of methoxy groups -OCH3 is 1. The van der Waals surface area contributed by atoms with Gasteiger partial charge >= 0.3 is 5.97 Å². The van der Waals surface area contributed by atoms with Gasteiger partial charge in [0.2, 0.25) is 0 Å². The molecule has 0 saturated carbocycles. The molecule has 0 N–H and O–H groups in total. The number of thiocarbonyl (C=S) groups is 1. The average molecular weight is 450 g/mol. The Balaban J connectivity index is 1.64. The number of anilines is 1. The van der Waals surface area contributed by atoms with Crippen molar-refractivity contribution >= 4 is 51.9 Å². The number of carbonyl (C=O) groups is 2. The van der Waals surface area contributed by atoms with Crippen molar-refractivity contribution in [3.8, 4) is 11.3 Å². The molecule has 4 rings (SSSR count). The zero-order valence-electron chi connectivity index (χ0n) is 17.2. The fraction of sp³-hybridized carbons (Fsp3) is 0.125. The van der Waals surface area contributed by atoms with Crippen molar-refractivity contribution < 1.29 is 18.7 Å². The molecule has 3 aromatic rings. The second-order valence-corrected chi connectivity index (χ2v) is 8.72. The molecule has 1 fully saturated rings. The molecule has 2 heterocycles. The third-order valence-electron chi connectivity index (χ3n) is 4.88. The van der Waals surface area contributed by atoms with Crippen molar-refractivity contribution in [3.63, 3.8) is 0 Å². The van der Waals surface area contributed by atoms with E-state index in [1.54, 1.807) is 41.3 Å². The summed E-state index contributed by atoms with van der Waals surface area (Å²) in [7, 11) is 1.34. The van der Waals surface area contributed by atoms with Crippen LogP contribution in [0.3, 0.4) is 0 Å². The number of rotatable bonds is 4. The van der Waals surface area contributed by atoms with E-state index >= 15 is 0 Å². The predicted molar refractivity (Wildman–Crippen MR) is 127 cm³/mol. The first-order valence-corrected chi connectivity index (χ1v) is 10.7. The maximum Gasteiger partial charge on any atom is 0.338 e. The maximum atomic E-state index is 13.1. The molecule has 1 amide bonds. The van der Waals surface area contributed by atoms with Crippen LogP contribution in [0.1, 0.15) is 27.2 Å². The highest BCUT2D eigenvalue weighted by atomic mass is 32.2. The monoisotopic (exact) mass is 449 g/mol. The van der Waals surface area contributed by atoms with E-state index in [0.717, 1.165) is 16.8 Å². The quantitative estimate of drug-likeness (QED) is 0.287. The molecule has 2 aromatic carbocycles. The highest BCUT2D eigenvalue weighted by molar-refractivity contribution is 8.27. The number of amides is 1. The Morgan fingerprint density at radius 1 is 1.13 bits per heavy atom. The van der Waals surface area contributed by atoms with E-state index in [4.69, 9.17) is 21.4 Å². The molecule has 0 atom stereocenters. The summed E-state index contributed by atoms with van der Waals surface area (Å²) in [6.07, 6.45) is 1.67. The van der Waals surface area contributed by atoms with Crippen molar-refractivity contribution in [2.24, 2.45) is 0 Å². The number of nitrogens with zero attached hydrogens (tertiary/aromatic N) is 1. The van der Waals surface area contributed by atoms with Gasteiger partial charge in [-0.2, -0.15) is 0 Å². The van der Waals surface area contributed by atoms with E-state index in [9.17, 15) is 9.59 Å². The fourth-order valence-electron chi connectivity index (χ4n) is 3.42. The summed E-state index contributed by atoms with van der Waals surface area (Å²) in [5.41, 5.74) is 3.92. The number of carbonyl (C=O) groups excluding carboxylic acids is 2. The number of esters is 1. The SMILES string of the molecule is COC(=O)c1ccccc1-c1ccc(/C=C2/SC(=S)N(c3ccc(C)cc3C)C2=O)o1. The van der Waals surface area contributed by atoms with Crippen LogP contribution in [0, 0.1) is 13.8 Å². The van der Waals surface area contributed by atoms with Gasteiger partial charge in [0.05, 0.1) is 23.3 Å². The standard InChI is InChI=1S/C24H19NO4S2/c1-14-8-10-19(15(2)12-14)25-22(26)21(31-24(25)30)13-16-9-11-20(29-16)17-6-4-5-7-18(17)23(27)28-3/h4-13H,1-3H3/b21-13+.